The molecule has 0 spiro atoms. The average molecular weight is 295 g/mol. The maximum absolute atomic E-state index is 5.56. The summed E-state index contributed by atoms with van der Waals surface area (Å²) in [5.41, 5.74) is 0. The zero-order valence-corrected chi connectivity index (χ0v) is 13.1. The third-order valence-electron chi connectivity index (χ3n) is 3.43. The van der Waals surface area contributed by atoms with Crippen LogP contribution < -0.4 is 15.0 Å². The average Bonchev–Trinajstić information content (AvgIpc) is 2.53. The topological polar surface area (TPSA) is 72.4 Å². The summed E-state index contributed by atoms with van der Waals surface area (Å²) in [6, 6.07) is 0.395. The minimum atomic E-state index is 0.340. The number of nitrogens with zero attached hydrogens (tertiary/aromatic N) is 4. The van der Waals surface area contributed by atoms with Crippen LogP contribution in [0.2, 0.25) is 0 Å². The number of hydrogen-bond donors (Lipinski definition) is 1. The molecule has 1 saturated heterocycles. The van der Waals surface area contributed by atoms with Crippen LogP contribution in [0.4, 0.5) is 11.9 Å². The Morgan fingerprint density at radius 2 is 1.95 bits per heavy atom. The van der Waals surface area contributed by atoms with Crippen molar-refractivity contribution >= 4 is 11.9 Å². The van der Waals surface area contributed by atoms with Crippen LogP contribution in [0.1, 0.15) is 33.1 Å². The standard InChI is InChI=1S/C14H25N5O2/c1-4-10-21-14-17-12(15-5-2)16-13(18-14)19-8-6-11(20-3)7-9-19/h11H,4-10H2,1-3H3,(H,15,16,17,18). The summed E-state index contributed by atoms with van der Waals surface area (Å²) in [5.74, 6) is 1.25. The molecule has 1 aromatic rings. The van der Waals surface area contributed by atoms with Crippen molar-refractivity contribution in [3.05, 3.63) is 0 Å². The van der Waals surface area contributed by atoms with Crippen molar-refractivity contribution in [2.45, 2.75) is 39.2 Å². The van der Waals surface area contributed by atoms with Crippen molar-refractivity contribution in [3.8, 4) is 6.01 Å². The normalized spacial score (nSPS) is 16.0. The smallest absolute Gasteiger partial charge is 0.323 e. The first-order valence-electron chi connectivity index (χ1n) is 7.67. The molecule has 0 aliphatic carbocycles. The molecule has 21 heavy (non-hydrogen) atoms. The van der Waals surface area contributed by atoms with Crippen LogP contribution in [0, 0.1) is 0 Å². The Kier molecular flexibility index (Phi) is 5.98. The van der Waals surface area contributed by atoms with E-state index in [-0.39, 0.29) is 0 Å². The van der Waals surface area contributed by atoms with Crippen molar-refractivity contribution in [2.24, 2.45) is 0 Å². The molecule has 7 nitrogen and oxygen atoms in total. The Bertz CT molecular complexity index is 435. The van der Waals surface area contributed by atoms with E-state index in [0.29, 0.717) is 30.6 Å². The van der Waals surface area contributed by atoms with Gasteiger partial charge in [-0.05, 0) is 26.2 Å². The number of anilines is 2. The Balaban J connectivity index is 2.11. The number of methoxy groups -OCH3 is 1. The minimum Gasteiger partial charge on any atom is -0.463 e. The van der Waals surface area contributed by atoms with E-state index in [0.717, 1.165) is 38.9 Å². The van der Waals surface area contributed by atoms with Crippen LogP contribution in [-0.4, -0.2) is 54.4 Å². The third-order valence-corrected chi connectivity index (χ3v) is 3.43. The number of piperidine rings is 1. The maximum Gasteiger partial charge on any atom is 0.323 e. The molecule has 0 amide bonds. The van der Waals surface area contributed by atoms with Crippen molar-refractivity contribution in [2.75, 3.05) is 43.6 Å². The summed E-state index contributed by atoms with van der Waals surface area (Å²) >= 11 is 0. The van der Waals surface area contributed by atoms with Crippen LogP contribution >= 0.6 is 0 Å². The first-order valence-corrected chi connectivity index (χ1v) is 7.67. The number of ether oxygens (including phenoxy) is 2. The fourth-order valence-corrected chi connectivity index (χ4v) is 2.27. The molecular weight excluding hydrogens is 270 g/mol. The van der Waals surface area contributed by atoms with Gasteiger partial charge in [0.2, 0.25) is 11.9 Å². The highest BCUT2D eigenvalue weighted by Crippen LogP contribution is 2.20. The van der Waals surface area contributed by atoms with Crippen LogP contribution in [0.5, 0.6) is 6.01 Å². The molecule has 2 heterocycles. The molecule has 1 aliphatic heterocycles. The fraction of sp³-hybridized carbons (Fsp3) is 0.786. The predicted molar refractivity (Wildman–Crippen MR) is 82.0 cm³/mol. The first-order chi connectivity index (χ1) is 10.3. The van der Waals surface area contributed by atoms with E-state index in [1.54, 1.807) is 7.11 Å². The molecular formula is C14H25N5O2. The molecule has 1 N–H and O–H groups in total. The van der Waals surface area contributed by atoms with Crippen LogP contribution in [0.3, 0.4) is 0 Å². The molecule has 2 rings (SSSR count). The second-order valence-electron chi connectivity index (χ2n) is 5.04. The fourth-order valence-electron chi connectivity index (χ4n) is 2.27. The van der Waals surface area contributed by atoms with Gasteiger partial charge in [-0.1, -0.05) is 6.92 Å². The molecule has 0 atom stereocenters. The lowest BCUT2D eigenvalue weighted by Crippen LogP contribution is -2.37. The van der Waals surface area contributed by atoms with Gasteiger partial charge in [-0.15, -0.1) is 0 Å². The zero-order chi connectivity index (χ0) is 15.1. The zero-order valence-electron chi connectivity index (χ0n) is 13.1. The van der Waals surface area contributed by atoms with Gasteiger partial charge in [0.1, 0.15) is 0 Å². The molecule has 0 aromatic carbocycles. The molecule has 118 valence electrons. The van der Waals surface area contributed by atoms with Crippen LogP contribution in [-0.2, 0) is 4.74 Å². The van der Waals surface area contributed by atoms with Gasteiger partial charge in [-0.25, -0.2) is 0 Å². The monoisotopic (exact) mass is 295 g/mol. The summed E-state index contributed by atoms with van der Waals surface area (Å²) < 4.78 is 11.0. The molecule has 7 heteroatoms. The number of nitrogens with one attached hydrogen (secondary N) is 1. The van der Waals surface area contributed by atoms with Crippen molar-refractivity contribution < 1.29 is 9.47 Å². The van der Waals surface area contributed by atoms with Crippen molar-refractivity contribution in [1.29, 1.82) is 0 Å². The Hall–Kier alpha value is -1.63. The van der Waals surface area contributed by atoms with Crippen molar-refractivity contribution in [3.63, 3.8) is 0 Å². The molecule has 1 aliphatic rings. The lowest BCUT2D eigenvalue weighted by Gasteiger charge is -2.31. The molecule has 1 fully saturated rings. The Morgan fingerprint density at radius 1 is 1.19 bits per heavy atom. The maximum atomic E-state index is 5.56. The summed E-state index contributed by atoms with van der Waals surface area (Å²) in [4.78, 5) is 15.3. The first kappa shape index (κ1) is 15.8. The molecule has 0 unspecified atom stereocenters. The highest BCUT2D eigenvalue weighted by molar-refractivity contribution is 5.38. The molecule has 0 bridgehead atoms. The van der Waals surface area contributed by atoms with E-state index in [1.807, 2.05) is 6.92 Å². The highest BCUT2D eigenvalue weighted by Gasteiger charge is 2.22. The number of hydrogen-bond acceptors (Lipinski definition) is 7. The SMILES string of the molecule is CCCOc1nc(NCC)nc(N2CCC(OC)CC2)n1. The van der Waals surface area contributed by atoms with E-state index in [9.17, 15) is 0 Å². The van der Waals surface area contributed by atoms with E-state index in [1.165, 1.54) is 0 Å². The Morgan fingerprint density at radius 3 is 2.57 bits per heavy atom. The lowest BCUT2D eigenvalue weighted by atomic mass is 10.1. The van der Waals surface area contributed by atoms with Crippen LogP contribution in [0.25, 0.3) is 0 Å². The lowest BCUT2D eigenvalue weighted by molar-refractivity contribution is 0.0816. The largest absolute Gasteiger partial charge is 0.463 e. The third kappa shape index (κ3) is 4.42. The quantitative estimate of drug-likeness (QED) is 0.821. The molecule has 0 saturated carbocycles. The van der Waals surface area contributed by atoms with Gasteiger partial charge < -0.3 is 19.7 Å². The second kappa shape index (κ2) is 7.97. The van der Waals surface area contributed by atoms with Gasteiger partial charge >= 0.3 is 6.01 Å². The Labute approximate surface area is 126 Å². The minimum absolute atomic E-state index is 0.340. The second-order valence-corrected chi connectivity index (χ2v) is 5.04. The van der Waals surface area contributed by atoms with Crippen molar-refractivity contribution in [1.82, 2.24) is 15.0 Å². The highest BCUT2D eigenvalue weighted by atomic mass is 16.5. The van der Waals surface area contributed by atoms with Crippen LogP contribution in [0.15, 0.2) is 0 Å². The van der Waals surface area contributed by atoms with E-state index in [2.05, 4.69) is 32.1 Å². The molecule has 0 radical (unpaired) electrons. The number of aromatic nitrogens is 3. The van der Waals surface area contributed by atoms with Gasteiger partial charge in [0.05, 0.1) is 12.7 Å². The summed E-state index contributed by atoms with van der Waals surface area (Å²) in [6.07, 6.45) is 3.25. The summed E-state index contributed by atoms with van der Waals surface area (Å²) in [6.45, 7) is 7.23. The van der Waals surface area contributed by atoms with Gasteiger partial charge in [0.15, 0.2) is 0 Å². The van der Waals surface area contributed by atoms with E-state index in [4.69, 9.17) is 9.47 Å². The van der Waals surface area contributed by atoms with E-state index < -0.39 is 0 Å². The number of rotatable bonds is 7. The predicted octanol–water partition coefficient (Wildman–Crippen LogP) is 1.71. The van der Waals surface area contributed by atoms with E-state index >= 15 is 0 Å². The van der Waals surface area contributed by atoms with Gasteiger partial charge in [0, 0.05) is 26.7 Å². The van der Waals surface area contributed by atoms with Gasteiger partial charge in [0.25, 0.3) is 0 Å². The molecule has 1 aromatic heterocycles. The van der Waals surface area contributed by atoms with Gasteiger partial charge in [-0.2, -0.15) is 15.0 Å². The summed E-state index contributed by atoms with van der Waals surface area (Å²) in [7, 11) is 1.77. The van der Waals surface area contributed by atoms with Gasteiger partial charge in [-0.3, -0.25) is 0 Å². The summed E-state index contributed by atoms with van der Waals surface area (Å²) in [5, 5.41) is 3.13.